The highest BCUT2D eigenvalue weighted by Gasteiger charge is 2.24. The van der Waals surface area contributed by atoms with Crippen molar-refractivity contribution < 1.29 is 9.72 Å². The summed E-state index contributed by atoms with van der Waals surface area (Å²) in [6, 6.07) is 6.22. The molecule has 0 bridgehead atoms. The van der Waals surface area contributed by atoms with Crippen LogP contribution in [0, 0.1) is 10.1 Å². The van der Waals surface area contributed by atoms with Crippen LogP contribution in [-0.2, 0) is 4.79 Å². The van der Waals surface area contributed by atoms with Gasteiger partial charge >= 0.3 is 0 Å². The number of benzene rings is 1. The van der Waals surface area contributed by atoms with E-state index in [9.17, 15) is 14.9 Å². The summed E-state index contributed by atoms with van der Waals surface area (Å²) in [5.74, 6) is -0.170. The molecule has 0 saturated heterocycles. The first-order valence-electron chi connectivity index (χ1n) is 6.77. The number of anilines is 1. The molecule has 1 amide bonds. The summed E-state index contributed by atoms with van der Waals surface area (Å²) in [6.07, 6.45) is 4.79. The molecule has 2 rings (SSSR count). The quantitative estimate of drug-likeness (QED) is 0.665. The normalized spacial score (nSPS) is 16.9. The van der Waals surface area contributed by atoms with Crippen molar-refractivity contribution >= 4 is 29.0 Å². The van der Waals surface area contributed by atoms with Crippen molar-refractivity contribution in [2.75, 3.05) is 5.32 Å². The lowest BCUT2D eigenvalue weighted by Gasteiger charge is -2.16. The van der Waals surface area contributed by atoms with Crippen LogP contribution in [0.1, 0.15) is 32.6 Å². The van der Waals surface area contributed by atoms with Crippen LogP contribution in [0.15, 0.2) is 24.3 Å². The van der Waals surface area contributed by atoms with Gasteiger partial charge in [0, 0.05) is 11.3 Å². The molecule has 0 heterocycles. The van der Waals surface area contributed by atoms with Crippen molar-refractivity contribution in [3.8, 4) is 0 Å². The number of amides is 1. The van der Waals surface area contributed by atoms with Crippen LogP contribution >= 0.6 is 11.8 Å². The Bertz CT molecular complexity index is 501. The van der Waals surface area contributed by atoms with E-state index in [1.165, 1.54) is 18.9 Å². The molecular weight excluding hydrogens is 276 g/mol. The van der Waals surface area contributed by atoms with E-state index in [1.54, 1.807) is 30.0 Å². The number of nitrogens with one attached hydrogen (secondary N) is 1. The zero-order valence-corrected chi connectivity index (χ0v) is 12.2. The van der Waals surface area contributed by atoms with Gasteiger partial charge < -0.3 is 5.32 Å². The van der Waals surface area contributed by atoms with Crippen molar-refractivity contribution in [2.24, 2.45) is 0 Å². The van der Waals surface area contributed by atoms with Crippen molar-refractivity contribution in [1.82, 2.24) is 0 Å². The van der Waals surface area contributed by atoms with Gasteiger partial charge in [-0.05, 0) is 25.8 Å². The van der Waals surface area contributed by atoms with Crippen molar-refractivity contribution in [2.45, 2.75) is 43.1 Å². The van der Waals surface area contributed by atoms with E-state index in [0.29, 0.717) is 5.25 Å². The minimum atomic E-state index is -0.482. The van der Waals surface area contributed by atoms with Crippen molar-refractivity contribution in [1.29, 1.82) is 0 Å². The van der Waals surface area contributed by atoms with Gasteiger partial charge in [-0.3, -0.25) is 14.9 Å². The number of hydrogen-bond donors (Lipinski definition) is 1. The first-order chi connectivity index (χ1) is 9.58. The molecule has 108 valence electrons. The summed E-state index contributed by atoms with van der Waals surface area (Å²) in [7, 11) is 0. The van der Waals surface area contributed by atoms with Crippen LogP contribution in [0.5, 0.6) is 0 Å². The number of carbonyl (C=O) groups excluding carboxylic acids is 1. The van der Waals surface area contributed by atoms with Crippen LogP contribution in [0.2, 0.25) is 0 Å². The molecule has 0 aromatic heterocycles. The average Bonchev–Trinajstić information content (AvgIpc) is 2.91. The van der Waals surface area contributed by atoms with E-state index in [4.69, 9.17) is 0 Å². The number of nitro benzene ring substituents is 1. The largest absolute Gasteiger partial charge is 0.319 e. The van der Waals surface area contributed by atoms with Gasteiger partial charge in [-0.2, -0.15) is 0 Å². The Kier molecular flexibility index (Phi) is 5.00. The zero-order valence-electron chi connectivity index (χ0n) is 11.4. The van der Waals surface area contributed by atoms with Crippen molar-refractivity contribution in [3.63, 3.8) is 0 Å². The van der Waals surface area contributed by atoms with E-state index in [2.05, 4.69) is 5.32 Å². The lowest BCUT2D eigenvalue weighted by atomic mass is 10.2. The maximum absolute atomic E-state index is 12.1. The van der Waals surface area contributed by atoms with Gasteiger partial charge in [0.2, 0.25) is 5.91 Å². The van der Waals surface area contributed by atoms with E-state index in [1.807, 2.05) is 6.92 Å². The van der Waals surface area contributed by atoms with Gasteiger partial charge in [-0.1, -0.05) is 25.0 Å². The van der Waals surface area contributed by atoms with Crippen LogP contribution in [0.25, 0.3) is 0 Å². The number of nitro groups is 1. The van der Waals surface area contributed by atoms with E-state index in [-0.39, 0.29) is 22.5 Å². The summed E-state index contributed by atoms with van der Waals surface area (Å²) in [6.45, 7) is 1.85. The Hall–Kier alpha value is -1.56. The molecule has 1 atom stereocenters. The van der Waals surface area contributed by atoms with Gasteiger partial charge in [0.05, 0.1) is 10.2 Å². The molecule has 0 radical (unpaired) electrons. The second-order valence-corrected chi connectivity index (χ2v) is 6.59. The number of carbonyl (C=O) groups is 1. The van der Waals surface area contributed by atoms with Crippen LogP contribution < -0.4 is 5.32 Å². The lowest BCUT2D eigenvalue weighted by Crippen LogP contribution is -2.24. The fourth-order valence-corrected chi connectivity index (χ4v) is 3.71. The summed E-state index contributed by atoms with van der Waals surface area (Å²) in [4.78, 5) is 22.5. The third-order valence-corrected chi connectivity index (χ3v) is 4.91. The molecule has 0 unspecified atom stereocenters. The maximum atomic E-state index is 12.1. The number of rotatable bonds is 5. The van der Waals surface area contributed by atoms with E-state index >= 15 is 0 Å². The van der Waals surface area contributed by atoms with Gasteiger partial charge in [0.1, 0.15) is 5.69 Å². The number of para-hydroxylation sites is 2. The van der Waals surface area contributed by atoms with E-state index < -0.39 is 4.92 Å². The molecule has 1 N–H and O–H groups in total. The highest BCUT2D eigenvalue weighted by Crippen LogP contribution is 2.33. The van der Waals surface area contributed by atoms with Crippen molar-refractivity contribution in [3.05, 3.63) is 34.4 Å². The molecule has 1 aliphatic rings. The molecule has 1 aliphatic carbocycles. The number of nitrogens with zero attached hydrogens (tertiary/aromatic N) is 1. The Balaban J connectivity index is 1.98. The standard InChI is InChI=1S/C14H18N2O3S/c1-10(20-11-6-2-3-7-11)14(17)15-12-8-4-5-9-13(12)16(18)19/h4-5,8-11H,2-3,6-7H2,1H3,(H,15,17)/t10-/m1/s1. The molecule has 1 saturated carbocycles. The Morgan fingerprint density at radius 3 is 2.70 bits per heavy atom. The first-order valence-corrected chi connectivity index (χ1v) is 7.72. The second-order valence-electron chi connectivity index (χ2n) is 4.95. The molecule has 1 aromatic carbocycles. The highest BCUT2D eigenvalue weighted by molar-refractivity contribution is 8.01. The Morgan fingerprint density at radius 1 is 1.40 bits per heavy atom. The molecule has 1 fully saturated rings. The lowest BCUT2D eigenvalue weighted by molar-refractivity contribution is -0.383. The maximum Gasteiger partial charge on any atom is 0.292 e. The average molecular weight is 294 g/mol. The molecule has 0 spiro atoms. The van der Waals surface area contributed by atoms with Gasteiger partial charge in [-0.25, -0.2) is 0 Å². The Labute approximate surface area is 122 Å². The SMILES string of the molecule is C[C@@H](SC1CCCC1)C(=O)Nc1ccccc1[N+](=O)[O-]. The predicted octanol–water partition coefficient (Wildman–Crippen LogP) is 3.60. The molecule has 1 aromatic rings. The summed E-state index contributed by atoms with van der Waals surface area (Å²) in [5.41, 5.74) is 0.195. The van der Waals surface area contributed by atoms with Crippen LogP contribution in [0.4, 0.5) is 11.4 Å². The highest BCUT2D eigenvalue weighted by atomic mass is 32.2. The van der Waals surface area contributed by atoms with Gasteiger partial charge in [0.25, 0.3) is 5.69 Å². The monoisotopic (exact) mass is 294 g/mol. The minimum Gasteiger partial charge on any atom is -0.319 e. The number of thioether (sulfide) groups is 1. The predicted molar refractivity (Wildman–Crippen MR) is 81.0 cm³/mol. The zero-order chi connectivity index (χ0) is 14.5. The Morgan fingerprint density at radius 2 is 2.05 bits per heavy atom. The first kappa shape index (κ1) is 14.8. The summed E-state index contributed by atoms with van der Waals surface area (Å²) >= 11 is 1.67. The fourth-order valence-electron chi connectivity index (χ4n) is 2.35. The third-order valence-electron chi connectivity index (χ3n) is 3.43. The topological polar surface area (TPSA) is 72.2 Å². The second kappa shape index (κ2) is 6.74. The summed E-state index contributed by atoms with van der Waals surface area (Å²) in [5, 5.41) is 13.9. The smallest absolute Gasteiger partial charge is 0.292 e. The molecule has 0 aliphatic heterocycles. The van der Waals surface area contributed by atoms with Gasteiger partial charge in [-0.15, -0.1) is 11.8 Å². The molecule has 6 heteroatoms. The van der Waals surface area contributed by atoms with Gasteiger partial charge in [0.15, 0.2) is 0 Å². The molecule has 20 heavy (non-hydrogen) atoms. The fraction of sp³-hybridized carbons (Fsp3) is 0.500. The minimum absolute atomic E-state index is 0.0704. The molecule has 5 nitrogen and oxygen atoms in total. The van der Waals surface area contributed by atoms with Crippen LogP contribution in [0.3, 0.4) is 0 Å². The molecular formula is C14H18N2O3S. The van der Waals surface area contributed by atoms with Crippen LogP contribution in [-0.4, -0.2) is 21.3 Å². The third kappa shape index (κ3) is 3.72. The number of hydrogen-bond acceptors (Lipinski definition) is 4. The summed E-state index contributed by atoms with van der Waals surface area (Å²) < 4.78 is 0. The van der Waals surface area contributed by atoms with E-state index in [0.717, 1.165) is 12.8 Å².